The highest BCUT2D eigenvalue weighted by atomic mass is 32.2. The quantitative estimate of drug-likeness (QED) is 0.377. The number of rotatable bonds is 13. The van der Waals surface area contributed by atoms with Crippen LogP contribution in [0, 0.1) is 11.3 Å². The minimum Gasteiger partial charge on any atom is -0.467 e. The molecule has 11 heteroatoms. The largest absolute Gasteiger partial charge is 0.467 e. The molecule has 0 aliphatic carbocycles. The third-order valence-electron chi connectivity index (χ3n) is 6.38. The number of methoxy groups -OCH3 is 1. The van der Waals surface area contributed by atoms with Crippen LogP contribution in [0.1, 0.15) is 36.1 Å². The lowest BCUT2D eigenvalue weighted by molar-refractivity contribution is -0.145. The summed E-state index contributed by atoms with van der Waals surface area (Å²) in [5.41, 5.74) is 2.03. The van der Waals surface area contributed by atoms with Gasteiger partial charge < -0.3 is 19.9 Å². The van der Waals surface area contributed by atoms with Gasteiger partial charge in [0.25, 0.3) is 0 Å². The normalized spacial score (nSPS) is 15.8. The Morgan fingerprint density at radius 1 is 1.38 bits per heavy atom. The summed E-state index contributed by atoms with van der Waals surface area (Å²) in [4.78, 5) is 49.1. The number of hydrogen-bond acceptors (Lipinski definition) is 8. The van der Waals surface area contributed by atoms with Crippen LogP contribution in [0.25, 0.3) is 0 Å². The zero-order valence-electron chi connectivity index (χ0n) is 21.3. The van der Waals surface area contributed by atoms with Gasteiger partial charge in [0.15, 0.2) is 0 Å². The van der Waals surface area contributed by atoms with Gasteiger partial charge in [-0.1, -0.05) is 18.2 Å². The van der Waals surface area contributed by atoms with Crippen LogP contribution in [0.4, 0.5) is 0 Å². The molecule has 2 amide bonds. The Balaban J connectivity index is 1.74. The van der Waals surface area contributed by atoms with Crippen molar-refractivity contribution in [1.29, 1.82) is 5.26 Å². The van der Waals surface area contributed by atoms with E-state index in [9.17, 15) is 19.6 Å². The molecular weight excluding hydrogens is 492 g/mol. The van der Waals surface area contributed by atoms with Crippen molar-refractivity contribution in [2.24, 2.45) is 0 Å². The van der Waals surface area contributed by atoms with Crippen molar-refractivity contribution in [3.8, 4) is 6.07 Å². The monoisotopic (exact) mass is 526 g/mol. The highest BCUT2D eigenvalue weighted by Gasteiger charge is 2.31. The summed E-state index contributed by atoms with van der Waals surface area (Å²) in [7, 11) is 1.31. The number of hydrogen-bond donors (Lipinski definition) is 2. The van der Waals surface area contributed by atoms with Crippen LogP contribution in [0.2, 0.25) is 0 Å². The Hall–Kier alpha value is -3.36. The number of H-pyrrole nitrogens is 1. The highest BCUT2D eigenvalue weighted by Crippen LogP contribution is 2.21. The second-order valence-electron chi connectivity index (χ2n) is 8.98. The summed E-state index contributed by atoms with van der Waals surface area (Å²) in [5.74, 6) is -0.0821. The summed E-state index contributed by atoms with van der Waals surface area (Å²) in [5, 5.41) is 12.4. The summed E-state index contributed by atoms with van der Waals surface area (Å²) in [6.45, 7) is 1.50. The molecule has 198 valence electrons. The van der Waals surface area contributed by atoms with Gasteiger partial charge in [-0.15, -0.1) is 0 Å². The molecule has 37 heavy (non-hydrogen) atoms. The van der Waals surface area contributed by atoms with Crippen molar-refractivity contribution in [2.45, 2.75) is 44.3 Å². The number of benzene rings is 1. The van der Waals surface area contributed by atoms with E-state index in [1.54, 1.807) is 36.4 Å². The molecule has 2 aromatic rings. The van der Waals surface area contributed by atoms with Gasteiger partial charge in [0, 0.05) is 31.9 Å². The van der Waals surface area contributed by atoms with E-state index < -0.39 is 12.0 Å². The number of carbonyl (C=O) groups excluding carboxylic acids is 3. The molecule has 1 aromatic heterocycles. The van der Waals surface area contributed by atoms with Crippen LogP contribution < -0.4 is 5.32 Å². The van der Waals surface area contributed by atoms with E-state index in [1.807, 2.05) is 28.2 Å². The molecule has 0 bridgehead atoms. The topological polar surface area (TPSA) is 131 Å². The molecule has 0 radical (unpaired) electrons. The first-order valence-corrected chi connectivity index (χ1v) is 13.7. The van der Waals surface area contributed by atoms with E-state index in [2.05, 4.69) is 21.4 Å². The maximum absolute atomic E-state index is 13.1. The lowest BCUT2D eigenvalue weighted by Crippen LogP contribution is -2.49. The van der Waals surface area contributed by atoms with Gasteiger partial charge in [-0.05, 0) is 42.9 Å². The summed E-state index contributed by atoms with van der Waals surface area (Å²) < 4.78 is 4.87. The molecular formula is C26H34N6O4S. The standard InChI is InChI=1S/C26H34N6O4S/c1-36-26(35)23(9-11-37-2)30-24(33)17-31(15-20-7-4-3-6-19(20)13-27)16-22-8-5-10-32(22)25(34)12-21-14-28-18-29-21/h3-4,6-7,14,18,22-23H,5,8-12,15-17H2,1-2H3,(H,28,29)(H,30,33)/t22-,23-/m0/s1. The van der Waals surface area contributed by atoms with Gasteiger partial charge in [-0.3, -0.25) is 14.5 Å². The van der Waals surface area contributed by atoms with Crippen molar-refractivity contribution in [3.05, 3.63) is 53.6 Å². The number of carbonyl (C=O) groups is 3. The number of nitrogens with one attached hydrogen (secondary N) is 2. The Morgan fingerprint density at radius 2 is 2.19 bits per heavy atom. The number of esters is 1. The number of ether oxygens (including phenoxy) is 1. The fourth-order valence-corrected chi connectivity index (χ4v) is 5.03. The maximum Gasteiger partial charge on any atom is 0.328 e. The summed E-state index contributed by atoms with van der Waals surface area (Å²) in [6, 6.07) is 8.70. The van der Waals surface area contributed by atoms with Crippen molar-refractivity contribution in [2.75, 3.05) is 38.8 Å². The second-order valence-corrected chi connectivity index (χ2v) is 9.97. The Kier molecular flexibility index (Phi) is 11.0. The number of imidazole rings is 1. The number of likely N-dealkylation sites (tertiary alicyclic amines) is 1. The van der Waals surface area contributed by atoms with E-state index in [-0.39, 0.29) is 30.8 Å². The Labute approximate surface area is 221 Å². The molecule has 1 fully saturated rings. The third-order valence-corrected chi connectivity index (χ3v) is 7.03. The van der Waals surface area contributed by atoms with Crippen LogP contribution in [0.3, 0.4) is 0 Å². The van der Waals surface area contributed by atoms with E-state index in [4.69, 9.17) is 4.74 Å². The smallest absolute Gasteiger partial charge is 0.328 e. The SMILES string of the molecule is COC(=O)[C@H](CCSC)NC(=O)CN(Cc1ccccc1C#N)C[C@@H]1CCCN1C(=O)Cc1c[nH]cn1. The van der Waals surface area contributed by atoms with Gasteiger partial charge >= 0.3 is 5.97 Å². The zero-order valence-corrected chi connectivity index (χ0v) is 22.1. The van der Waals surface area contributed by atoms with E-state index in [0.717, 1.165) is 18.4 Å². The van der Waals surface area contributed by atoms with Crippen LogP contribution in [-0.2, 0) is 32.1 Å². The average Bonchev–Trinajstić information content (AvgIpc) is 3.58. The number of nitriles is 1. The fourth-order valence-electron chi connectivity index (χ4n) is 4.56. The van der Waals surface area contributed by atoms with Gasteiger partial charge in [-0.25, -0.2) is 9.78 Å². The third kappa shape index (κ3) is 8.33. The van der Waals surface area contributed by atoms with E-state index in [1.165, 1.54) is 7.11 Å². The van der Waals surface area contributed by atoms with Crippen LogP contribution in [0.15, 0.2) is 36.8 Å². The second kappa shape index (κ2) is 14.4. The molecule has 10 nitrogen and oxygen atoms in total. The van der Waals surface area contributed by atoms with Crippen LogP contribution in [-0.4, -0.2) is 88.4 Å². The lowest BCUT2D eigenvalue weighted by Gasteiger charge is -2.31. The van der Waals surface area contributed by atoms with Crippen LogP contribution in [0.5, 0.6) is 0 Å². The number of aromatic nitrogens is 2. The molecule has 0 saturated carbocycles. The molecule has 3 rings (SSSR count). The summed E-state index contributed by atoms with van der Waals surface area (Å²) >= 11 is 1.59. The Morgan fingerprint density at radius 3 is 2.89 bits per heavy atom. The summed E-state index contributed by atoms with van der Waals surface area (Å²) in [6.07, 6.45) is 7.59. The average molecular weight is 527 g/mol. The molecule has 1 saturated heterocycles. The number of thioether (sulfide) groups is 1. The van der Waals surface area contributed by atoms with Gasteiger partial charge in [-0.2, -0.15) is 17.0 Å². The molecule has 0 unspecified atom stereocenters. The molecule has 1 aliphatic heterocycles. The first-order chi connectivity index (χ1) is 17.9. The van der Waals surface area contributed by atoms with Gasteiger partial charge in [0.1, 0.15) is 6.04 Å². The first kappa shape index (κ1) is 28.2. The molecule has 1 aliphatic rings. The number of nitrogens with zero attached hydrogens (tertiary/aromatic N) is 4. The lowest BCUT2D eigenvalue weighted by atomic mass is 10.1. The predicted octanol–water partition coefficient (Wildman–Crippen LogP) is 1.73. The van der Waals surface area contributed by atoms with Gasteiger partial charge in [0.2, 0.25) is 11.8 Å². The fraction of sp³-hybridized carbons (Fsp3) is 0.500. The first-order valence-electron chi connectivity index (χ1n) is 12.3. The zero-order chi connectivity index (χ0) is 26.6. The van der Waals surface area contributed by atoms with Gasteiger partial charge in [0.05, 0.1) is 43.7 Å². The minimum atomic E-state index is -0.725. The molecule has 2 N–H and O–H groups in total. The van der Waals surface area contributed by atoms with Crippen molar-refractivity contribution in [1.82, 2.24) is 25.1 Å². The van der Waals surface area contributed by atoms with Crippen molar-refractivity contribution < 1.29 is 19.1 Å². The molecule has 2 heterocycles. The minimum absolute atomic E-state index is 0.000697. The highest BCUT2D eigenvalue weighted by molar-refractivity contribution is 7.98. The van der Waals surface area contributed by atoms with Crippen molar-refractivity contribution in [3.63, 3.8) is 0 Å². The molecule has 1 aromatic carbocycles. The number of aromatic amines is 1. The number of amides is 2. The molecule has 0 spiro atoms. The van der Waals surface area contributed by atoms with E-state index in [0.29, 0.717) is 43.1 Å². The predicted molar refractivity (Wildman–Crippen MR) is 140 cm³/mol. The van der Waals surface area contributed by atoms with Crippen molar-refractivity contribution >= 4 is 29.5 Å². The Bertz CT molecular complexity index is 1090. The molecule has 2 atom stereocenters. The maximum atomic E-state index is 13.1. The van der Waals surface area contributed by atoms with E-state index >= 15 is 0 Å². The van der Waals surface area contributed by atoms with Crippen LogP contribution >= 0.6 is 11.8 Å².